The Balaban J connectivity index is 2.62. The smallest absolute Gasteiger partial charge is 0.102 e. The summed E-state index contributed by atoms with van der Waals surface area (Å²) in [6, 6.07) is 0. The number of allylic oxidation sites excluding steroid dienone is 1. The van der Waals surface area contributed by atoms with Crippen molar-refractivity contribution in [2.24, 2.45) is 0 Å². The van der Waals surface area contributed by atoms with E-state index in [4.69, 9.17) is 7.85 Å². The van der Waals surface area contributed by atoms with E-state index in [9.17, 15) is 0 Å². The largest absolute Gasteiger partial charge is 0.135 e. The van der Waals surface area contributed by atoms with Crippen LogP contribution in [0, 0.1) is 0 Å². The Kier molecular flexibility index (Phi) is 3.66. The van der Waals surface area contributed by atoms with Gasteiger partial charge in [-0.15, -0.1) is 5.98 Å². The first-order valence-corrected chi connectivity index (χ1v) is 1.78. The van der Waals surface area contributed by atoms with Crippen LogP contribution in [0.1, 0.15) is 13.3 Å². The highest BCUT2D eigenvalue weighted by Gasteiger charge is 1.52. The van der Waals surface area contributed by atoms with E-state index in [0.29, 0.717) is 0 Å². The van der Waals surface area contributed by atoms with E-state index in [2.05, 4.69) is 0 Å². The van der Waals surface area contributed by atoms with Gasteiger partial charge in [0.05, 0.1) is 0 Å². The molecule has 2 radical (unpaired) electrons. The molecule has 0 aromatic rings. The molecular weight excluding hydrogens is 58.9 g/mol. The van der Waals surface area contributed by atoms with Crippen LogP contribution in [0.2, 0.25) is 0 Å². The third kappa shape index (κ3) is 3.80. The lowest BCUT2D eigenvalue weighted by Gasteiger charge is -1.65. The maximum absolute atomic E-state index is 4.96. The first kappa shape index (κ1) is 4.80. The third-order valence-corrected chi connectivity index (χ3v) is 0.372. The normalized spacial score (nSPS) is 9.80. The molecule has 0 amide bonds. The Morgan fingerprint density at radius 1 is 1.80 bits per heavy atom. The number of hydrogen-bond acceptors (Lipinski definition) is 0. The van der Waals surface area contributed by atoms with Gasteiger partial charge in [-0.3, -0.25) is 0 Å². The van der Waals surface area contributed by atoms with E-state index in [1.54, 1.807) is 5.98 Å². The molecule has 0 unspecified atom stereocenters. The van der Waals surface area contributed by atoms with Crippen molar-refractivity contribution < 1.29 is 0 Å². The molecule has 0 saturated carbocycles. The summed E-state index contributed by atoms with van der Waals surface area (Å²) in [7, 11) is 4.96. The molecule has 0 aliphatic carbocycles. The standard InChI is InChI=1S/C4H7B/c1-2-3-4-5/h3-4H,2H2,1H3/b4-3+. The molecule has 0 spiro atoms. The highest BCUT2D eigenvalue weighted by Crippen LogP contribution is 1.71. The van der Waals surface area contributed by atoms with E-state index in [-0.39, 0.29) is 0 Å². The fourth-order valence-electron chi connectivity index (χ4n) is 0.136. The first-order valence-electron chi connectivity index (χ1n) is 1.78. The third-order valence-electron chi connectivity index (χ3n) is 0.372. The van der Waals surface area contributed by atoms with E-state index in [1.807, 2.05) is 13.0 Å². The molecule has 26 valence electrons. The van der Waals surface area contributed by atoms with Crippen LogP contribution in [0.3, 0.4) is 0 Å². The molecule has 0 rings (SSSR count). The van der Waals surface area contributed by atoms with Crippen LogP contribution in [0.25, 0.3) is 0 Å². The molecule has 0 aliphatic heterocycles. The minimum atomic E-state index is 1.04. The molecule has 5 heavy (non-hydrogen) atoms. The summed E-state index contributed by atoms with van der Waals surface area (Å²) in [6.45, 7) is 2.04. The van der Waals surface area contributed by atoms with Crippen molar-refractivity contribution >= 4 is 7.85 Å². The number of rotatable bonds is 1. The molecule has 1 heteroatoms. The van der Waals surface area contributed by atoms with Crippen LogP contribution in [0.4, 0.5) is 0 Å². The molecule has 0 aromatic heterocycles. The minimum Gasteiger partial charge on any atom is -0.135 e. The molecule has 0 saturated heterocycles. The monoisotopic (exact) mass is 66.1 g/mol. The summed E-state index contributed by atoms with van der Waals surface area (Å²) in [5, 5.41) is 0. The molecule has 0 bridgehead atoms. The van der Waals surface area contributed by atoms with E-state index in [1.165, 1.54) is 0 Å². The van der Waals surface area contributed by atoms with Crippen molar-refractivity contribution in [2.75, 3.05) is 0 Å². The molecule has 0 heterocycles. The zero-order valence-electron chi connectivity index (χ0n) is 3.44. The summed E-state index contributed by atoms with van der Waals surface area (Å²) in [4.78, 5) is 0. The minimum absolute atomic E-state index is 1.04. The van der Waals surface area contributed by atoms with Crippen LogP contribution >= 0.6 is 0 Å². The molecule has 0 atom stereocenters. The van der Waals surface area contributed by atoms with Crippen molar-refractivity contribution in [3.05, 3.63) is 12.1 Å². The second-order valence-corrected chi connectivity index (χ2v) is 0.836. The second kappa shape index (κ2) is 3.80. The van der Waals surface area contributed by atoms with Crippen LogP contribution in [-0.4, -0.2) is 7.85 Å². The van der Waals surface area contributed by atoms with Gasteiger partial charge in [-0.1, -0.05) is 13.0 Å². The van der Waals surface area contributed by atoms with Crippen LogP contribution in [-0.2, 0) is 0 Å². The lowest BCUT2D eigenvalue weighted by atomic mass is 10.1. The zero-order valence-corrected chi connectivity index (χ0v) is 3.44. The molecule has 0 fully saturated rings. The van der Waals surface area contributed by atoms with Crippen LogP contribution in [0.15, 0.2) is 12.1 Å². The maximum Gasteiger partial charge on any atom is 0.102 e. The van der Waals surface area contributed by atoms with Crippen molar-refractivity contribution in [1.29, 1.82) is 0 Å². The zero-order chi connectivity index (χ0) is 4.12. The Bertz CT molecular complexity index is 30.6. The summed E-state index contributed by atoms with van der Waals surface area (Å²) < 4.78 is 0. The SMILES string of the molecule is [B]/C=C/CC. The van der Waals surface area contributed by atoms with E-state index >= 15 is 0 Å². The Morgan fingerprint density at radius 2 is 2.40 bits per heavy atom. The lowest BCUT2D eigenvalue weighted by Crippen LogP contribution is -1.49. The topological polar surface area (TPSA) is 0 Å². The molecule has 0 nitrogen and oxygen atoms in total. The van der Waals surface area contributed by atoms with Crippen LogP contribution in [0.5, 0.6) is 0 Å². The summed E-state index contributed by atoms with van der Waals surface area (Å²) >= 11 is 0. The highest BCUT2D eigenvalue weighted by atomic mass is 13.6. The highest BCUT2D eigenvalue weighted by molar-refractivity contribution is 6.16. The lowest BCUT2D eigenvalue weighted by molar-refractivity contribution is 1.23. The molecule has 0 aliphatic rings. The van der Waals surface area contributed by atoms with Gasteiger partial charge in [0.25, 0.3) is 0 Å². The summed E-state index contributed by atoms with van der Waals surface area (Å²) in [6.07, 6.45) is 2.94. The maximum atomic E-state index is 4.96. The van der Waals surface area contributed by atoms with Crippen molar-refractivity contribution in [1.82, 2.24) is 0 Å². The molecule has 0 N–H and O–H groups in total. The van der Waals surface area contributed by atoms with Gasteiger partial charge in [0.1, 0.15) is 7.85 Å². The van der Waals surface area contributed by atoms with E-state index < -0.39 is 0 Å². The Labute approximate surface area is 34.3 Å². The van der Waals surface area contributed by atoms with Gasteiger partial charge in [0, 0.05) is 0 Å². The van der Waals surface area contributed by atoms with Gasteiger partial charge in [0.2, 0.25) is 0 Å². The van der Waals surface area contributed by atoms with Gasteiger partial charge < -0.3 is 0 Å². The predicted molar refractivity (Wildman–Crippen MR) is 25.2 cm³/mol. The molecular formula is C4H7B. The predicted octanol–water partition coefficient (Wildman–Crippen LogP) is 1.08. The molecule has 0 aromatic carbocycles. The van der Waals surface area contributed by atoms with Gasteiger partial charge >= 0.3 is 0 Å². The van der Waals surface area contributed by atoms with Gasteiger partial charge in [-0.25, -0.2) is 0 Å². The van der Waals surface area contributed by atoms with Crippen LogP contribution < -0.4 is 0 Å². The summed E-state index contributed by atoms with van der Waals surface area (Å²) in [5.74, 6) is 1.56. The fraction of sp³-hybridized carbons (Fsp3) is 0.500. The van der Waals surface area contributed by atoms with Gasteiger partial charge in [0.15, 0.2) is 0 Å². The fourth-order valence-corrected chi connectivity index (χ4v) is 0.136. The van der Waals surface area contributed by atoms with Crippen molar-refractivity contribution in [3.8, 4) is 0 Å². The second-order valence-electron chi connectivity index (χ2n) is 0.836. The number of hydrogen-bond donors (Lipinski definition) is 0. The Hall–Kier alpha value is -0.195. The van der Waals surface area contributed by atoms with Gasteiger partial charge in [-0.2, -0.15) is 0 Å². The van der Waals surface area contributed by atoms with Gasteiger partial charge in [-0.05, 0) is 6.42 Å². The van der Waals surface area contributed by atoms with Crippen molar-refractivity contribution in [3.63, 3.8) is 0 Å². The average Bonchev–Trinajstić information content (AvgIpc) is 1.41. The Morgan fingerprint density at radius 3 is 2.40 bits per heavy atom. The average molecular weight is 65.9 g/mol. The first-order chi connectivity index (χ1) is 2.41. The quantitative estimate of drug-likeness (QED) is 0.401. The van der Waals surface area contributed by atoms with E-state index in [0.717, 1.165) is 6.42 Å². The summed E-state index contributed by atoms with van der Waals surface area (Å²) in [5.41, 5.74) is 0. The van der Waals surface area contributed by atoms with Crippen molar-refractivity contribution in [2.45, 2.75) is 13.3 Å².